The van der Waals surface area contributed by atoms with Crippen LogP contribution in [0.4, 0.5) is 8.78 Å². The molecule has 0 amide bonds. The van der Waals surface area contributed by atoms with Gasteiger partial charge in [-0.25, -0.2) is 8.78 Å². The molecule has 0 saturated heterocycles. The van der Waals surface area contributed by atoms with Gasteiger partial charge in [-0.2, -0.15) is 0 Å². The first-order valence-corrected chi connectivity index (χ1v) is 7.16. The van der Waals surface area contributed by atoms with E-state index in [1.54, 1.807) is 0 Å². The topological polar surface area (TPSA) is 12.0 Å². The molecule has 0 aliphatic carbocycles. The zero-order valence-electron chi connectivity index (χ0n) is 11.1. The molecule has 0 saturated carbocycles. The minimum Gasteiger partial charge on any atom is -0.310 e. The molecule has 4 heteroatoms. The van der Waals surface area contributed by atoms with Crippen molar-refractivity contribution in [3.05, 3.63) is 33.8 Å². The third-order valence-electron chi connectivity index (χ3n) is 3.20. The standard InChI is InChI=1S/C14H20BrF2N/c1-4-9(3)6-14(18-5-2)10-7-13(17)11(15)8-12(10)16/h7-9,14,18H,4-6H2,1-3H3. The average Bonchev–Trinajstić information content (AvgIpc) is 2.33. The summed E-state index contributed by atoms with van der Waals surface area (Å²) in [5, 5.41) is 3.23. The van der Waals surface area contributed by atoms with Crippen molar-refractivity contribution >= 4 is 15.9 Å². The van der Waals surface area contributed by atoms with E-state index in [1.165, 1.54) is 12.1 Å². The van der Waals surface area contributed by atoms with Gasteiger partial charge < -0.3 is 5.32 Å². The van der Waals surface area contributed by atoms with Gasteiger partial charge in [0.05, 0.1) is 4.47 Å². The van der Waals surface area contributed by atoms with E-state index in [1.807, 2.05) is 6.92 Å². The predicted molar refractivity (Wildman–Crippen MR) is 74.5 cm³/mol. The van der Waals surface area contributed by atoms with Gasteiger partial charge in [-0.3, -0.25) is 0 Å². The number of halogens is 3. The molecule has 2 atom stereocenters. The first-order chi connectivity index (χ1) is 8.49. The molecule has 0 aliphatic rings. The minimum absolute atomic E-state index is 0.132. The Labute approximate surface area is 116 Å². The molecule has 1 N–H and O–H groups in total. The van der Waals surface area contributed by atoms with Crippen LogP contribution in [-0.4, -0.2) is 6.54 Å². The molecule has 0 bridgehead atoms. The van der Waals surface area contributed by atoms with Gasteiger partial charge in [-0.1, -0.05) is 27.2 Å². The monoisotopic (exact) mass is 319 g/mol. The highest BCUT2D eigenvalue weighted by Crippen LogP contribution is 2.28. The van der Waals surface area contributed by atoms with E-state index in [2.05, 4.69) is 35.1 Å². The van der Waals surface area contributed by atoms with Crippen LogP contribution in [0, 0.1) is 17.6 Å². The highest BCUT2D eigenvalue weighted by molar-refractivity contribution is 9.10. The molecule has 18 heavy (non-hydrogen) atoms. The molecule has 0 radical (unpaired) electrons. The number of rotatable bonds is 6. The van der Waals surface area contributed by atoms with Crippen molar-refractivity contribution in [3.63, 3.8) is 0 Å². The van der Waals surface area contributed by atoms with Gasteiger partial charge in [0.2, 0.25) is 0 Å². The van der Waals surface area contributed by atoms with Crippen molar-refractivity contribution in [1.29, 1.82) is 0 Å². The fourth-order valence-electron chi connectivity index (χ4n) is 1.94. The Balaban J connectivity index is 3.01. The van der Waals surface area contributed by atoms with Crippen LogP contribution in [-0.2, 0) is 0 Å². The third-order valence-corrected chi connectivity index (χ3v) is 3.81. The Morgan fingerprint density at radius 3 is 2.44 bits per heavy atom. The highest BCUT2D eigenvalue weighted by Gasteiger charge is 2.19. The lowest BCUT2D eigenvalue weighted by atomic mass is 9.94. The number of nitrogens with one attached hydrogen (secondary N) is 1. The summed E-state index contributed by atoms with van der Waals surface area (Å²) in [5.74, 6) is -0.309. The summed E-state index contributed by atoms with van der Waals surface area (Å²) in [7, 11) is 0. The van der Waals surface area contributed by atoms with Crippen LogP contribution in [0.1, 0.15) is 45.2 Å². The Hall–Kier alpha value is -0.480. The van der Waals surface area contributed by atoms with Crippen LogP contribution in [0.5, 0.6) is 0 Å². The Bertz CT molecular complexity index is 396. The van der Waals surface area contributed by atoms with E-state index < -0.39 is 5.82 Å². The van der Waals surface area contributed by atoms with Crippen LogP contribution in [0.25, 0.3) is 0 Å². The summed E-state index contributed by atoms with van der Waals surface area (Å²) < 4.78 is 27.6. The molecule has 0 fully saturated rings. The van der Waals surface area contributed by atoms with Crippen LogP contribution in [0.3, 0.4) is 0 Å². The van der Waals surface area contributed by atoms with E-state index in [-0.39, 0.29) is 16.3 Å². The van der Waals surface area contributed by atoms with Gasteiger partial charge in [0.25, 0.3) is 0 Å². The summed E-state index contributed by atoms with van der Waals surface area (Å²) in [6.07, 6.45) is 1.84. The van der Waals surface area contributed by atoms with E-state index in [4.69, 9.17) is 0 Å². The van der Waals surface area contributed by atoms with Crippen LogP contribution >= 0.6 is 15.9 Å². The Morgan fingerprint density at radius 2 is 1.89 bits per heavy atom. The molecule has 1 aromatic rings. The summed E-state index contributed by atoms with van der Waals surface area (Å²) >= 11 is 3.00. The van der Waals surface area contributed by atoms with E-state index >= 15 is 0 Å². The van der Waals surface area contributed by atoms with E-state index in [9.17, 15) is 8.78 Å². The molecule has 0 heterocycles. The number of benzene rings is 1. The molecule has 2 unspecified atom stereocenters. The van der Waals surface area contributed by atoms with E-state index in [0.29, 0.717) is 11.5 Å². The van der Waals surface area contributed by atoms with Crippen molar-refractivity contribution < 1.29 is 8.78 Å². The number of hydrogen-bond acceptors (Lipinski definition) is 1. The maximum absolute atomic E-state index is 13.9. The lowest BCUT2D eigenvalue weighted by Crippen LogP contribution is -2.24. The zero-order chi connectivity index (χ0) is 13.7. The summed E-state index contributed by atoms with van der Waals surface area (Å²) in [5.41, 5.74) is 0.415. The molecular formula is C14H20BrF2N. The van der Waals surface area contributed by atoms with Gasteiger partial charge in [0.15, 0.2) is 0 Å². The van der Waals surface area contributed by atoms with Gasteiger partial charge in [0.1, 0.15) is 11.6 Å². The Morgan fingerprint density at radius 1 is 1.22 bits per heavy atom. The molecule has 102 valence electrons. The minimum atomic E-state index is -0.418. The van der Waals surface area contributed by atoms with Crippen molar-refractivity contribution in [2.45, 2.75) is 39.7 Å². The van der Waals surface area contributed by atoms with Crippen LogP contribution < -0.4 is 5.32 Å². The maximum Gasteiger partial charge on any atom is 0.137 e. The molecule has 1 aromatic carbocycles. The largest absolute Gasteiger partial charge is 0.310 e. The van der Waals surface area contributed by atoms with Crippen molar-refractivity contribution in [2.24, 2.45) is 5.92 Å². The number of hydrogen-bond donors (Lipinski definition) is 1. The second-order valence-electron chi connectivity index (χ2n) is 4.65. The van der Waals surface area contributed by atoms with Gasteiger partial charge in [-0.15, -0.1) is 0 Å². The van der Waals surface area contributed by atoms with Crippen LogP contribution in [0.2, 0.25) is 0 Å². The van der Waals surface area contributed by atoms with Crippen molar-refractivity contribution in [2.75, 3.05) is 6.54 Å². The smallest absolute Gasteiger partial charge is 0.137 e. The molecule has 1 rings (SSSR count). The maximum atomic E-state index is 13.9. The molecule has 1 nitrogen and oxygen atoms in total. The predicted octanol–water partition coefficient (Wildman–Crippen LogP) is 4.81. The lowest BCUT2D eigenvalue weighted by Gasteiger charge is -2.22. The molecular weight excluding hydrogens is 300 g/mol. The molecule has 0 aliphatic heterocycles. The molecule has 0 spiro atoms. The van der Waals surface area contributed by atoms with Gasteiger partial charge in [0, 0.05) is 11.6 Å². The van der Waals surface area contributed by atoms with Gasteiger partial charge in [-0.05, 0) is 46.9 Å². The summed E-state index contributed by atoms with van der Waals surface area (Å²) in [6, 6.07) is 2.35. The summed E-state index contributed by atoms with van der Waals surface area (Å²) in [4.78, 5) is 0. The first-order valence-electron chi connectivity index (χ1n) is 6.37. The van der Waals surface area contributed by atoms with Crippen molar-refractivity contribution in [3.8, 4) is 0 Å². The quantitative estimate of drug-likeness (QED) is 0.742. The fourth-order valence-corrected chi connectivity index (χ4v) is 2.26. The lowest BCUT2D eigenvalue weighted by molar-refractivity contribution is 0.395. The fraction of sp³-hybridized carbons (Fsp3) is 0.571. The SMILES string of the molecule is CCNC(CC(C)CC)c1cc(F)c(Br)cc1F. The normalized spacial score (nSPS) is 14.6. The zero-order valence-corrected chi connectivity index (χ0v) is 12.7. The first kappa shape index (κ1) is 15.6. The third kappa shape index (κ3) is 4.02. The highest BCUT2D eigenvalue weighted by atomic mass is 79.9. The van der Waals surface area contributed by atoms with E-state index in [0.717, 1.165) is 19.4 Å². The average molecular weight is 320 g/mol. The van der Waals surface area contributed by atoms with Gasteiger partial charge >= 0.3 is 0 Å². The second kappa shape index (κ2) is 7.19. The second-order valence-corrected chi connectivity index (χ2v) is 5.50. The van der Waals surface area contributed by atoms with Crippen LogP contribution in [0.15, 0.2) is 16.6 Å². The van der Waals surface area contributed by atoms with Crippen molar-refractivity contribution in [1.82, 2.24) is 5.32 Å². The summed E-state index contributed by atoms with van der Waals surface area (Å²) in [6.45, 7) is 6.93. The molecule has 0 aromatic heterocycles. The Kier molecular flexibility index (Phi) is 6.22.